The molecule has 4 rings (SSSR count). The molecule has 0 aliphatic rings. The molecule has 0 aliphatic carbocycles. The van der Waals surface area contributed by atoms with Crippen molar-refractivity contribution in [2.75, 3.05) is 16.8 Å². The predicted octanol–water partition coefficient (Wildman–Crippen LogP) is 4.00. The third-order valence-corrected chi connectivity index (χ3v) is 5.36. The zero-order valence-corrected chi connectivity index (χ0v) is 19.4. The number of hydrogen-bond donors (Lipinski definition) is 3. The highest BCUT2D eigenvalue weighted by atomic mass is 16.4. The molecular formula is C25H25N7O3. The van der Waals surface area contributed by atoms with Crippen LogP contribution < -0.4 is 10.2 Å². The van der Waals surface area contributed by atoms with Crippen LogP contribution in [0.25, 0.3) is 22.5 Å². The van der Waals surface area contributed by atoms with Crippen LogP contribution in [-0.4, -0.2) is 49.1 Å². The van der Waals surface area contributed by atoms with E-state index in [1.54, 1.807) is 0 Å². The van der Waals surface area contributed by atoms with E-state index in [-0.39, 0.29) is 11.5 Å². The molecule has 2 aromatic carbocycles. The van der Waals surface area contributed by atoms with Crippen molar-refractivity contribution in [1.82, 2.24) is 25.6 Å². The Kier molecular flexibility index (Phi) is 7.10. The summed E-state index contributed by atoms with van der Waals surface area (Å²) in [5.74, 6) is -0.509. The number of carboxylic acid groups (broad SMARTS) is 1. The number of tetrazole rings is 1. The number of benzene rings is 2. The number of H-pyrrole nitrogens is 1. The first kappa shape index (κ1) is 23.6. The molecule has 0 saturated carbocycles. The molecule has 10 nitrogen and oxygen atoms in total. The fraction of sp³-hybridized carbons (Fsp3) is 0.200. The van der Waals surface area contributed by atoms with Gasteiger partial charge in [0.2, 0.25) is 11.7 Å². The van der Waals surface area contributed by atoms with Gasteiger partial charge in [-0.1, -0.05) is 55.5 Å². The third-order valence-electron chi connectivity index (χ3n) is 5.36. The van der Waals surface area contributed by atoms with Crippen molar-refractivity contribution in [2.45, 2.75) is 26.8 Å². The van der Waals surface area contributed by atoms with Gasteiger partial charge in [-0.05, 0) is 34.4 Å². The van der Waals surface area contributed by atoms with E-state index in [9.17, 15) is 14.7 Å². The maximum Gasteiger partial charge on any atom is 0.339 e. The standard InChI is InChI=1S/C25H25N7O3/c1-3-12-32(24-22(25(34)35)13-19(14-26-24)27-16(2)33)15-17-8-10-18(11-9-17)20-6-4-5-7-21(20)23-28-30-31-29-23/h4-11,13-14H,3,12,15H2,1-2H3,(H,27,33)(H,34,35)(H,28,29,30,31). The molecular weight excluding hydrogens is 446 g/mol. The van der Waals surface area contributed by atoms with Crippen LogP contribution in [0.5, 0.6) is 0 Å². The summed E-state index contributed by atoms with van der Waals surface area (Å²) >= 11 is 0. The first-order valence-electron chi connectivity index (χ1n) is 11.1. The van der Waals surface area contributed by atoms with Gasteiger partial charge < -0.3 is 15.3 Å². The summed E-state index contributed by atoms with van der Waals surface area (Å²) in [6, 6.07) is 17.3. The van der Waals surface area contributed by atoms with Crippen molar-refractivity contribution >= 4 is 23.4 Å². The second-order valence-electron chi connectivity index (χ2n) is 7.98. The van der Waals surface area contributed by atoms with Gasteiger partial charge in [0.25, 0.3) is 0 Å². The van der Waals surface area contributed by atoms with E-state index >= 15 is 0 Å². The Labute approximate surface area is 202 Å². The van der Waals surface area contributed by atoms with Gasteiger partial charge in [-0.2, -0.15) is 5.21 Å². The summed E-state index contributed by atoms with van der Waals surface area (Å²) in [6.07, 6.45) is 2.29. The molecule has 0 fully saturated rings. The molecule has 10 heteroatoms. The van der Waals surface area contributed by atoms with Gasteiger partial charge in [0.15, 0.2) is 0 Å². The van der Waals surface area contributed by atoms with Gasteiger partial charge in [0, 0.05) is 25.6 Å². The Balaban J connectivity index is 1.61. The monoisotopic (exact) mass is 471 g/mol. The zero-order valence-electron chi connectivity index (χ0n) is 19.4. The van der Waals surface area contributed by atoms with Gasteiger partial charge in [-0.3, -0.25) is 4.79 Å². The summed E-state index contributed by atoms with van der Waals surface area (Å²) in [6.45, 7) is 4.49. The number of carbonyl (C=O) groups is 2. The fourth-order valence-electron chi connectivity index (χ4n) is 3.88. The Bertz CT molecular complexity index is 1320. The Hall–Kier alpha value is -4.60. The molecule has 2 aromatic heterocycles. The minimum absolute atomic E-state index is 0.0374. The Morgan fingerprint density at radius 2 is 1.83 bits per heavy atom. The van der Waals surface area contributed by atoms with Gasteiger partial charge in [-0.25, -0.2) is 9.78 Å². The number of pyridine rings is 1. The number of aromatic carboxylic acids is 1. The molecule has 4 aromatic rings. The smallest absolute Gasteiger partial charge is 0.339 e. The van der Waals surface area contributed by atoms with Crippen molar-refractivity contribution in [3.63, 3.8) is 0 Å². The molecule has 0 saturated heterocycles. The average Bonchev–Trinajstić information content (AvgIpc) is 3.39. The van der Waals surface area contributed by atoms with Crippen molar-refractivity contribution in [3.05, 3.63) is 71.9 Å². The fourth-order valence-corrected chi connectivity index (χ4v) is 3.88. The molecule has 3 N–H and O–H groups in total. The maximum atomic E-state index is 12.0. The summed E-state index contributed by atoms with van der Waals surface area (Å²) in [5, 5.41) is 26.7. The Morgan fingerprint density at radius 3 is 2.46 bits per heavy atom. The normalized spacial score (nSPS) is 10.7. The van der Waals surface area contributed by atoms with Crippen LogP contribution in [0.1, 0.15) is 36.2 Å². The van der Waals surface area contributed by atoms with E-state index in [0.717, 1.165) is 28.7 Å². The zero-order chi connectivity index (χ0) is 24.8. The molecule has 178 valence electrons. The van der Waals surface area contributed by atoms with Crippen LogP contribution in [-0.2, 0) is 11.3 Å². The van der Waals surface area contributed by atoms with E-state index < -0.39 is 5.97 Å². The van der Waals surface area contributed by atoms with E-state index in [4.69, 9.17) is 0 Å². The summed E-state index contributed by atoms with van der Waals surface area (Å²) < 4.78 is 0. The van der Waals surface area contributed by atoms with E-state index in [2.05, 4.69) is 30.9 Å². The van der Waals surface area contributed by atoms with Gasteiger partial charge in [0.1, 0.15) is 11.4 Å². The first-order valence-corrected chi connectivity index (χ1v) is 11.1. The number of amides is 1. The minimum Gasteiger partial charge on any atom is -0.478 e. The second kappa shape index (κ2) is 10.6. The van der Waals surface area contributed by atoms with Gasteiger partial charge >= 0.3 is 5.97 Å². The van der Waals surface area contributed by atoms with Crippen LogP contribution in [0.4, 0.5) is 11.5 Å². The number of aromatic nitrogens is 5. The number of hydrogen-bond acceptors (Lipinski definition) is 7. The SMILES string of the molecule is CCCN(Cc1ccc(-c2ccccc2-c2nn[nH]n2)cc1)c1ncc(NC(C)=O)cc1C(=O)O. The molecule has 0 unspecified atom stereocenters. The highest BCUT2D eigenvalue weighted by Gasteiger charge is 2.19. The lowest BCUT2D eigenvalue weighted by Gasteiger charge is -2.25. The van der Waals surface area contributed by atoms with Crippen molar-refractivity contribution in [1.29, 1.82) is 0 Å². The van der Waals surface area contributed by atoms with E-state index in [1.807, 2.05) is 60.4 Å². The maximum absolute atomic E-state index is 12.0. The van der Waals surface area contributed by atoms with Gasteiger partial charge in [-0.15, -0.1) is 10.2 Å². The van der Waals surface area contributed by atoms with Crippen molar-refractivity contribution in [3.8, 4) is 22.5 Å². The summed E-state index contributed by atoms with van der Waals surface area (Å²) in [5.41, 5.74) is 4.24. The summed E-state index contributed by atoms with van der Waals surface area (Å²) in [4.78, 5) is 29.6. The molecule has 0 spiro atoms. The lowest BCUT2D eigenvalue weighted by atomic mass is 9.98. The highest BCUT2D eigenvalue weighted by molar-refractivity contribution is 5.96. The number of carboxylic acids is 1. The number of carbonyl (C=O) groups excluding carboxylic acids is 1. The van der Waals surface area contributed by atoms with Crippen molar-refractivity contribution in [2.24, 2.45) is 0 Å². The lowest BCUT2D eigenvalue weighted by molar-refractivity contribution is -0.114. The van der Waals surface area contributed by atoms with Crippen molar-refractivity contribution < 1.29 is 14.7 Å². The molecule has 0 radical (unpaired) electrons. The highest BCUT2D eigenvalue weighted by Crippen LogP contribution is 2.30. The number of anilines is 2. The molecule has 0 aliphatic heterocycles. The Morgan fingerprint density at radius 1 is 1.09 bits per heavy atom. The predicted molar refractivity (Wildman–Crippen MR) is 132 cm³/mol. The summed E-state index contributed by atoms with van der Waals surface area (Å²) in [7, 11) is 0. The largest absolute Gasteiger partial charge is 0.478 e. The lowest BCUT2D eigenvalue weighted by Crippen LogP contribution is -2.27. The molecule has 1 amide bonds. The minimum atomic E-state index is -1.10. The topological polar surface area (TPSA) is 137 Å². The van der Waals surface area contributed by atoms with Gasteiger partial charge in [0.05, 0.1) is 11.9 Å². The van der Waals surface area contributed by atoms with E-state index in [1.165, 1.54) is 19.2 Å². The quantitative estimate of drug-likeness (QED) is 0.333. The molecule has 2 heterocycles. The molecule has 35 heavy (non-hydrogen) atoms. The first-order chi connectivity index (χ1) is 17.0. The third kappa shape index (κ3) is 5.49. The molecule has 0 bridgehead atoms. The number of nitrogens with one attached hydrogen (secondary N) is 2. The van der Waals surface area contributed by atoms with Crippen LogP contribution in [0, 0.1) is 0 Å². The number of aromatic amines is 1. The second-order valence-corrected chi connectivity index (χ2v) is 7.98. The van der Waals surface area contributed by atoms with E-state index in [0.29, 0.717) is 30.4 Å². The van der Waals surface area contributed by atoms with Crippen LogP contribution >= 0.6 is 0 Å². The molecule has 0 atom stereocenters. The van der Waals surface area contributed by atoms with Crippen LogP contribution in [0.3, 0.4) is 0 Å². The van der Waals surface area contributed by atoms with Crippen LogP contribution in [0.15, 0.2) is 60.8 Å². The number of nitrogens with zero attached hydrogens (tertiary/aromatic N) is 5. The number of rotatable bonds is 9. The van der Waals surface area contributed by atoms with Crippen LogP contribution in [0.2, 0.25) is 0 Å². The average molecular weight is 472 g/mol.